The summed E-state index contributed by atoms with van der Waals surface area (Å²) in [6, 6.07) is 17.5. The Hall–Kier alpha value is -4.57. The Morgan fingerprint density at radius 3 is 2.46 bits per heavy atom. The Kier molecular flexibility index (Phi) is 5.27. The minimum Gasteiger partial charge on any atom is -0.324 e. The lowest BCUT2D eigenvalue weighted by Gasteiger charge is -2.33. The van der Waals surface area contributed by atoms with Gasteiger partial charge in [0.2, 0.25) is 17.7 Å². The number of nitro groups is 1. The minimum atomic E-state index is -1.09. The number of rotatable bonds is 4. The van der Waals surface area contributed by atoms with Crippen LogP contribution in [0.2, 0.25) is 5.02 Å². The van der Waals surface area contributed by atoms with Gasteiger partial charge in [0.1, 0.15) is 6.04 Å². The first-order valence-electron chi connectivity index (χ1n) is 11.4. The third-order valence-corrected chi connectivity index (χ3v) is 7.22. The Morgan fingerprint density at radius 2 is 1.70 bits per heavy atom. The lowest BCUT2D eigenvalue weighted by Crippen LogP contribution is -2.46. The first-order chi connectivity index (χ1) is 17.8. The molecule has 0 spiro atoms. The second-order valence-corrected chi connectivity index (χ2v) is 9.42. The van der Waals surface area contributed by atoms with Crippen molar-refractivity contribution in [2.24, 2.45) is 16.9 Å². The molecule has 10 nitrogen and oxygen atoms in total. The molecule has 1 N–H and O–H groups in total. The van der Waals surface area contributed by atoms with E-state index in [1.807, 2.05) is 24.3 Å². The van der Waals surface area contributed by atoms with Gasteiger partial charge in [0.15, 0.2) is 0 Å². The van der Waals surface area contributed by atoms with Crippen LogP contribution in [0, 0.1) is 22.0 Å². The molecule has 2 fully saturated rings. The van der Waals surface area contributed by atoms with Crippen molar-refractivity contribution in [3.05, 3.63) is 99.1 Å². The molecule has 37 heavy (non-hydrogen) atoms. The maximum atomic E-state index is 13.8. The molecule has 11 heteroatoms. The molecule has 0 bridgehead atoms. The molecular weight excluding hydrogens is 498 g/mol. The highest BCUT2D eigenvalue weighted by atomic mass is 35.5. The highest BCUT2D eigenvalue weighted by molar-refractivity contribution is 6.30. The number of hydrogen-bond acceptors (Lipinski definition) is 7. The fourth-order valence-corrected chi connectivity index (χ4v) is 5.54. The average Bonchev–Trinajstić information content (AvgIpc) is 3.38. The molecule has 3 aliphatic heterocycles. The van der Waals surface area contributed by atoms with E-state index in [-0.39, 0.29) is 11.4 Å². The van der Waals surface area contributed by atoms with Gasteiger partial charge in [-0.05, 0) is 41.5 Å². The average molecular weight is 516 g/mol. The van der Waals surface area contributed by atoms with Crippen LogP contribution in [-0.4, -0.2) is 39.9 Å². The summed E-state index contributed by atoms with van der Waals surface area (Å²) in [4.78, 5) is 52.9. The van der Waals surface area contributed by atoms with Crippen LogP contribution in [0.5, 0.6) is 0 Å². The fourth-order valence-electron chi connectivity index (χ4n) is 5.42. The number of hydrazone groups is 1. The quantitative estimate of drug-likeness (QED) is 0.320. The van der Waals surface area contributed by atoms with E-state index in [4.69, 9.17) is 11.6 Å². The molecule has 4 atom stereocenters. The molecule has 3 amide bonds. The number of halogens is 1. The molecule has 3 aromatic carbocycles. The van der Waals surface area contributed by atoms with E-state index in [0.717, 1.165) is 16.0 Å². The smallest absolute Gasteiger partial charge is 0.271 e. The van der Waals surface area contributed by atoms with Gasteiger partial charge in [-0.3, -0.25) is 29.5 Å². The molecule has 0 radical (unpaired) electrons. The largest absolute Gasteiger partial charge is 0.324 e. The number of amides is 3. The molecular formula is C26H18ClN5O5. The van der Waals surface area contributed by atoms with Gasteiger partial charge in [0.25, 0.3) is 5.69 Å². The van der Waals surface area contributed by atoms with Crippen molar-refractivity contribution >= 4 is 52.6 Å². The number of carbonyl (C=O) groups is 3. The van der Waals surface area contributed by atoms with Crippen molar-refractivity contribution in [1.82, 2.24) is 5.01 Å². The number of anilines is 2. The van der Waals surface area contributed by atoms with E-state index in [9.17, 15) is 24.5 Å². The first-order valence-corrected chi connectivity index (χ1v) is 11.8. The van der Waals surface area contributed by atoms with Crippen molar-refractivity contribution < 1.29 is 19.3 Å². The summed E-state index contributed by atoms with van der Waals surface area (Å²) in [5.41, 5.74) is 1.88. The zero-order chi connectivity index (χ0) is 25.8. The SMILES string of the molecule is O=C(Nc1ccc(Cl)cc1)[C@@H]1[C@@H]2C(=O)N(c3cccc([N+](=O)[O-])c3)C(=O)[C@H]2[C@H]2c3ccccc3C=NN12. The van der Waals surface area contributed by atoms with E-state index in [1.165, 1.54) is 29.3 Å². The number of fused-ring (bicyclic) bond motifs is 5. The standard InChI is InChI=1S/C26H18ClN5O5/c27-15-8-10-16(11-9-15)29-24(33)23-21-20(22-19-7-2-1-4-14(19)13-28-31(22)23)25(34)30(26(21)35)17-5-3-6-18(12-17)32(36)37/h1-13,20-23H,(H,29,33)/t20-,21-,22-,23+/m1/s1. The van der Waals surface area contributed by atoms with Crippen LogP contribution >= 0.6 is 11.6 Å². The van der Waals surface area contributed by atoms with Crippen LogP contribution in [0.1, 0.15) is 17.2 Å². The van der Waals surface area contributed by atoms with Gasteiger partial charge < -0.3 is 5.32 Å². The number of carbonyl (C=O) groups excluding carboxylic acids is 3. The van der Waals surface area contributed by atoms with Crippen LogP contribution in [0.15, 0.2) is 77.9 Å². The lowest BCUT2D eigenvalue weighted by atomic mass is 9.85. The van der Waals surface area contributed by atoms with E-state index < -0.39 is 46.6 Å². The highest BCUT2D eigenvalue weighted by Gasteiger charge is 2.65. The minimum absolute atomic E-state index is 0.0922. The van der Waals surface area contributed by atoms with Crippen molar-refractivity contribution in [2.75, 3.05) is 10.2 Å². The van der Waals surface area contributed by atoms with Crippen molar-refractivity contribution in [1.29, 1.82) is 0 Å². The third-order valence-electron chi connectivity index (χ3n) is 6.97. The summed E-state index contributed by atoms with van der Waals surface area (Å²) in [6.07, 6.45) is 1.61. The van der Waals surface area contributed by atoms with Crippen LogP contribution in [-0.2, 0) is 14.4 Å². The van der Waals surface area contributed by atoms with E-state index in [1.54, 1.807) is 30.5 Å². The molecule has 3 heterocycles. The van der Waals surface area contributed by atoms with Crippen molar-refractivity contribution in [3.8, 4) is 0 Å². The number of hydrogen-bond donors (Lipinski definition) is 1. The van der Waals surface area contributed by atoms with Crippen molar-refractivity contribution in [3.63, 3.8) is 0 Å². The zero-order valence-corrected chi connectivity index (χ0v) is 19.8. The summed E-state index contributed by atoms with van der Waals surface area (Å²) < 4.78 is 0. The van der Waals surface area contributed by atoms with Crippen LogP contribution in [0.3, 0.4) is 0 Å². The number of imide groups is 1. The predicted molar refractivity (Wildman–Crippen MR) is 135 cm³/mol. The number of non-ortho nitro benzene ring substituents is 1. The van der Waals surface area contributed by atoms with E-state index in [0.29, 0.717) is 10.7 Å². The second-order valence-electron chi connectivity index (χ2n) is 8.98. The predicted octanol–water partition coefficient (Wildman–Crippen LogP) is 3.77. The third kappa shape index (κ3) is 3.56. The van der Waals surface area contributed by atoms with Crippen molar-refractivity contribution in [2.45, 2.75) is 12.1 Å². The molecule has 3 aromatic rings. The highest BCUT2D eigenvalue weighted by Crippen LogP contribution is 2.52. The van der Waals surface area contributed by atoms with Gasteiger partial charge in [-0.1, -0.05) is 41.9 Å². The van der Waals surface area contributed by atoms with Gasteiger partial charge in [-0.25, -0.2) is 4.90 Å². The molecule has 184 valence electrons. The van der Waals surface area contributed by atoms with Gasteiger partial charge >= 0.3 is 0 Å². The maximum Gasteiger partial charge on any atom is 0.271 e. The lowest BCUT2D eigenvalue weighted by molar-refractivity contribution is -0.384. The Labute approximate surface area is 215 Å². The Balaban J connectivity index is 1.44. The number of nitrogens with zero attached hydrogens (tertiary/aromatic N) is 4. The topological polar surface area (TPSA) is 125 Å². The molecule has 0 unspecified atom stereocenters. The van der Waals surface area contributed by atoms with Gasteiger partial charge in [0, 0.05) is 22.8 Å². The van der Waals surface area contributed by atoms with Crippen LogP contribution in [0.4, 0.5) is 17.1 Å². The fraction of sp³-hybridized carbons (Fsp3) is 0.154. The molecule has 0 saturated carbocycles. The molecule has 6 rings (SSSR count). The summed E-state index contributed by atoms with van der Waals surface area (Å²) >= 11 is 5.96. The monoisotopic (exact) mass is 515 g/mol. The Bertz CT molecular complexity index is 1510. The first kappa shape index (κ1) is 22.9. The summed E-state index contributed by atoms with van der Waals surface area (Å²) in [5.74, 6) is -3.59. The van der Waals surface area contributed by atoms with E-state index >= 15 is 0 Å². The van der Waals surface area contributed by atoms with Gasteiger partial charge in [-0.2, -0.15) is 5.10 Å². The van der Waals surface area contributed by atoms with Crippen LogP contribution < -0.4 is 10.2 Å². The molecule has 0 aromatic heterocycles. The Morgan fingerprint density at radius 1 is 0.973 bits per heavy atom. The molecule has 3 aliphatic rings. The van der Waals surface area contributed by atoms with E-state index in [2.05, 4.69) is 10.4 Å². The summed E-state index contributed by atoms with van der Waals surface area (Å²) in [5, 5.41) is 20.7. The normalized spacial score (nSPS) is 23.5. The second kappa shape index (κ2) is 8.52. The maximum absolute atomic E-state index is 13.8. The number of nitrogens with one attached hydrogen (secondary N) is 1. The number of nitro benzene ring substituents is 1. The number of benzene rings is 3. The van der Waals surface area contributed by atoms with Crippen LogP contribution in [0.25, 0.3) is 0 Å². The zero-order valence-electron chi connectivity index (χ0n) is 19.0. The summed E-state index contributed by atoms with van der Waals surface area (Å²) in [7, 11) is 0. The van der Waals surface area contributed by atoms with Gasteiger partial charge in [0.05, 0.1) is 34.7 Å². The van der Waals surface area contributed by atoms with Gasteiger partial charge in [-0.15, -0.1) is 0 Å². The molecule has 0 aliphatic carbocycles. The summed E-state index contributed by atoms with van der Waals surface area (Å²) in [6.45, 7) is 0. The molecule has 2 saturated heterocycles.